The summed E-state index contributed by atoms with van der Waals surface area (Å²) in [6.07, 6.45) is 0. The van der Waals surface area contributed by atoms with E-state index in [2.05, 4.69) is 10.5 Å². The number of amides is 1. The molecule has 0 saturated carbocycles. The first-order valence-electron chi connectivity index (χ1n) is 6.31. The fourth-order valence-corrected chi connectivity index (χ4v) is 1.78. The third-order valence-electron chi connectivity index (χ3n) is 2.61. The number of carbonyl (C=O) groups excluding carboxylic acids is 1. The van der Waals surface area contributed by atoms with Gasteiger partial charge in [0.25, 0.3) is 5.91 Å². The van der Waals surface area contributed by atoms with Gasteiger partial charge in [-0.15, -0.1) is 0 Å². The third-order valence-corrected chi connectivity index (χ3v) is 2.84. The molecule has 2 aromatic carbocycles. The maximum Gasteiger partial charge on any atom is 0.265 e. The van der Waals surface area contributed by atoms with Crippen LogP contribution in [0.4, 0.5) is 10.1 Å². The summed E-state index contributed by atoms with van der Waals surface area (Å²) in [6, 6.07) is 12.1. The highest BCUT2D eigenvalue weighted by atomic mass is 35.5. The Morgan fingerprint density at radius 2 is 2.00 bits per heavy atom. The monoisotopic (exact) mass is 321 g/mol. The molecular weight excluding hydrogens is 309 g/mol. The van der Waals surface area contributed by atoms with Crippen LogP contribution in [0.15, 0.2) is 53.7 Å². The van der Waals surface area contributed by atoms with E-state index in [0.29, 0.717) is 16.3 Å². The zero-order valence-corrected chi connectivity index (χ0v) is 12.2. The van der Waals surface area contributed by atoms with Gasteiger partial charge in [-0.05, 0) is 36.4 Å². The number of benzene rings is 2. The van der Waals surface area contributed by atoms with Crippen LogP contribution < -0.4 is 11.1 Å². The highest BCUT2D eigenvalue weighted by molar-refractivity contribution is 6.31. The number of rotatable bonds is 5. The minimum absolute atomic E-state index is 0.108. The SMILES string of the molecule is N/C(=N\OCC(=O)Nc1ccc(F)cc1)c1cccc(Cl)c1. The van der Waals surface area contributed by atoms with Crippen molar-refractivity contribution in [2.45, 2.75) is 0 Å². The van der Waals surface area contributed by atoms with Crippen molar-refractivity contribution in [2.24, 2.45) is 10.9 Å². The summed E-state index contributed by atoms with van der Waals surface area (Å²) in [6.45, 7) is -0.321. The molecular formula is C15H13ClFN3O2. The van der Waals surface area contributed by atoms with Crippen LogP contribution >= 0.6 is 11.6 Å². The van der Waals surface area contributed by atoms with Gasteiger partial charge in [-0.1, -0.05) is 28.9 Å². The van der Waals surface area contributed by atoms with Gasteiger partial charge in [0.1, 0.15) is 5.82 Å². The van der Waals surface area contributed by atoms with Gasteiger partial charge in [-0.25, -0.2) is 4.39 Å². The number of nitrogens with one attached hydrogen (secondary N) is 1. The smallest absolute Gasteiger partial charge is 0.265 e. The predicted octanol–water partition coefficient (Wildman–Crippen LogP) is 2.75. The molecule has 0 saturated heterocycles. The van der Waals surface area contributed by atoms with E-state index >= 15 is 0 Å². The molecule has 0 unspecified atom stereocenters. The van der Waals surface area contributed by atoms with Crippen molar-refractivity contribution < 1.29 is 14.0 Å². The highest BCUT2D eigenvalue weighted by Gasteiger charge is 2.04. The van der Waals surface area contributed by atoms with Gasteiger partial charge in [-0.2, -0.15) is 0 Å². The normalized spacial score (nSPS) is 11.1. The molecule has 7 heteroatoms. The zero-order chi connectivity index (χ0) is 15.9. The molecule has 0 spiro atoms. The van der Waals surface area contributed by atoms with Crippen molar-refractivity contribution in [3.63, 3.8) is 0 Å². The molecule has 0 bridgehead atoms. The van der Waals surface area contributed by atoms with Gasteiger partial charge in [0, 0.05) is 16.3 Å². The van der Waals surface area contributed by atoms with Crippen LogP contribution in [-0.4, -0.2) is 18.3 Å². The Labute approximate surface area is 131 Å². The molecule has 0 heterocycles. The molecule has 0 radical (unpaired) electrons. The summed E-state index contributed by atoms with van der Waals surface area (Å²) >= 11 is 5.83. The Balaban J connectivity index is 1.85. The standard InChI is InChI=1S/C15H13ClFN3O2/c16-11-3-1-2-10(8-11)15(18)20-22-9-14(21)19-13-6-4-12(17)5-7-13/h1-8H,9H2,(H2,18,20)(H,19,21). The van der Waals surface area contributed by atoms with Crippen molar-refractivity contribution >= 4 is 29.0 Å². The van der Waals surface area contributed by atoms with Gasteiger partial charge in [0.05, 0.1) is 0 Å². The molecule has 0 aliphatic rings. The van der Waals surface area contributed by atoms with Crippen LogP contribution in [0.5, 0.6) is 0 Å². The van der Waals surface area contributed by atoms with Crippen molar-refractivity contribution in [1.82, 2.24) is 0 Å². The van der Waals surface area contributed by atoms with E-state index in [1.165, 1.54) is 24.3 Å². The number of anilines is 1. The lowest BCUT2D eigenvalue weighted by molar-refractivity contribution is -0.120. The second kappa shape index (κ2) is 7.42. The predicted molar refractivity (Wildman–Crippen MR) is 83.2 cm³/mol. The van der Waals surface area contributed by atoms with E-state index in [1.807, 2.05) is 0 Å². The van der Waals surface area contributed by atoms with Gasteiger partial charge >= 0.3 is 0 Å². The first kappa shape index (κ1) is 15.8. The summed E-state index contributed by atoms with van der Waals surface area (Å²) in [4.78, 5) is 16.5. The molecule has 114 valence electrons. The summed E-state index contributed by atoms with van der Waals surface area (Å²) in [7, 11) is 0. The van der Waals surface area contributed by atoms with Crippen molar-refractivity contribution in [1.29, 1.82) is 0 Å². The van der Waals surface area contributed by atoms with Crippen molar-refractivity contribution in [3.8, 4) is 0 Å². The minimum atomic E-state index is -0.436. The van der Waals surface area contributed by atoms with Crippen LogP contribution in [0.3, 0.4) is 0 Å². The Kier molecular flexibility index (Phi) is 5.32. The van der Waals surface area contributed by atoms with Crippen molar-refractivity contribution in [3.05, 3.63) is 64.9 Å². The lowest BCUT2D eigenvalue weighted by Crippen LogP contribution is -2.19. The number of oxime groups is 1. The van der Waals surface area contributed by atoms with E-state index in [9.17, 15) is 9.18 Å². The molecule has 0 aromatic heterocycles. The molecule has 3 N–H and O–H groups in total. The Bertz CT molecular complexity index is 689. The fraction of sp³-hybridized carbons (Fsp3) is 0.0667. The van der Waals surface area contributed by atoms with E-state index in [-0.39, 0.29) is 18.3 Å². The molecule has 0 fully saturated rings. The third kappa shape index (κ3) is 4.75. The van der Waals surface area contributed by atoms with Gasteiger partial charge < -0.3 is 15.9 Å². The molecule has 2 rings (SSSR count). The topological polar surface area (TPSA) is 76.7 Å². The second-order valence-corrected chi connectivity index (χ2v) is 4.75. The average Bonchev–Trinajstić information content (AvgIpc) is 2.49. The average molecular weight is 322 g/mol. The first-order chi connectivity index (χ1) is 10.5. The lowest BCUT2D eigenvalue weighted by Gasteiger charge is -2.05. The number of carbonyl (C=O) groups is 1. The largest absolute Gasteiger partial charge is 0.384 e. The van der Waals surface area contributed by atoms with E-state index < -0.39 is 5.91 Å². The highest BCUT2D eigenvalue weighted by Crippen LogP contribution is 2.10. The minimum Gasteiger partial charge on any atom is -0.384 e. The quantitative estimate of drug-likeness (QED) is 0.505. The second-order valence-electron chi connectivity index (χ2n) is 4.32. The van der Waals surface area contributed by atoms with Crippen LogP contribution in [0.1, 0.15) is 5.56 Å². The zero-order valence-electron chi connectivity index (χ0n) is 11.4. The molecule has 2 aromatic rings. The molecule has 22 heavy (non-hydrogen) atoms. The molecule has 0 aliphatic carbocycles. The summed E-state index contributed by atoms with van der Waals surface area (Å²) in [5.74, 6) is -0.709. The summed E-state index contributed by atoms with van der Waals surface area (Å²) in [5.41, 5.74) is 6.76. The van der Waals surface area contributed by atoms with E-state index in [1.54, 1.807) is 24.3 Å². The van der Waals surface area contributed by atoms with Crippen LogP contribution in [0.2, 0.25) is 5.02 Å². The maximum atomic E-state index is 12.7. The lowest BCUT2D eigenvalue weighted by atomic mass is 10.2. The fourth-order valence-electron chi connectivity index (χ4n) is 1.59. The Hall–Kier alpha value is -2.60. The van der Waals surface area contributed by atoms with E-state index in [0.717, 1.165) is 0 Å². The van der Waals surface area contributed by atoms with Crippen LogP contribution in [-0.2, 0) is 9.63 Å². The number of nitrogens with zero attached hydrogens (tertiary/aromatic N) is 1. The van der Waals surface area contributed by atoms with Crippen LogP contribution in [0.25, 0.3) is 0 Å². The van der Waals surface area contributed by atoms with E-state index in [4.69, 9.17) is 22.2 Å². The molecule has 5 nitrogen and oxygen atoms in total. The molecule has 1 amide bonds. The van der Waals surface area contributed by atoms with Crippen molar-refractivity contribution in [2.75, 3.05) is 11.9 Å². The van der Waals surface area contributed by atoms with Gasteiger partial charge in [-0.3, -0.25) is 4.79 Å². The Morgan fingerprint density at radius 1 is 1.27 bits per heavy atom. The molecule has 0 aliphatic heterocycles. The summed E-state index contributed by atoms with van der Waals surface area (Å²) < 4.78 is 12.7. The number of amidine groups is 1. The first-order valence-corrected chi connectivity index (χ1v) is 6.69. The number of hydrogen-bond acceptors (Lipinski definition) is 3. The van der Waals surface area contributed by atoms with Gasteiger partial charge in [0.15, 0.2) is 12.4 Å². The van der Waals surface area contributed by atoms with Gasteiger partial charge in [0.2, 0.25) is 0 Å². The number of hydrogen-bond donors (Lipinski definition) is 2. The van der Waals surface area contributed by atoms with Crippen LogP contribution in [0, 0.1) is 5.82 Å². The number of halogens is 2. The Morgan fingerprint density at radius 3 is 2.68 bits per heavy atom. The molecule has 0 atom stereocenters. The number of nitrogens with two attached hydrogens (primary N) is 1. The maximum absolute atomic E-state index is 12.7. The summed E-state index contributed by atoms with van der Waals surface area (Å²) in [5, 5.41) is 6.69.